The zero-order valence-corrected chi connectivity index (χ0v) is 8.89. The van der Waals surface area contributed by atoms with Crippen LogP contribution in [0.3, 0.4) is 0 Å². The highest BCUT2D eigenvalue weighted by Gasteiger charge is 2.24. The SMILES string of the molecule is Cc1ccc([C@@H](C)CC2CC2)cc1F. The molecular formula is C13H17F. The van der Waals surface area contributed by atoms with Crippen LogP contribution in [0.2, 0.25) is 0 Å². The summed E-state index contributed by atoms with van der Waals surface area (Å²) in [5.41, 5.74) is 1.90. The number of benzene rings is 1. The van der Waals surface area contributed by atoms with Crippen LogP contribution in [0.1, 0.15) is 43.2 Å². The van der Waals surface area contributed by atoms with E-state index < -0.39 is 0 Å². The highest BCUT2D eigenvalue weighted by molar-refractivity contribution is 5.25. The second-order valence-corrected chi connectivity index (χ2v) is 4.59. The third-order valence-electron chi connectivity index (χ3n) is 3.15. The molecule has 14 heavy (non-hydrogen) atoms. The lowest BCUT2D eigenvalue weighted by Gasteiger charge is -2.11. The van der Waals surface area contributed by atoms with Gasteiger partial charge in [-0.3, -0.25) is 0 Å². The molecule has 1 saturated carbocycles. The summed E-state index contributed by atoms with van der Waals surface area (Å²) in [5.74, 6) is 1.36. The van der Waals surface area contributed by atoms with Gasteiger partial charge in [-0.2, -0.15) is 0 Å². The van der Waals surface area contributed by atoms with E-state index in [0.717, 1.165) is 17.0 Å². The molecule has 76 valence electrons. The predicted molar refractivity (Wildman–Crippen MR) is 56.9 cm³/mol. The van der Waals surface area contributed by atoms with Crippen LogP contribution in [0.25, 0.3) is 0 Å². The minimum absolute atomic E-state index is 0.0647. The Morgan fingerprint density at radius 1 is 1.43 bits per heavy atom. The Balaban J connectivity index is 2.10. The van der Waals surface area contributed by atoms with Gasteiger partial charge in [0.25, 0.3) is 0 Å². The quantitative estimate of drug-likeness (QED) is 0.678. The average Bonchev–Trinajstić information content (AvgIpc) is 2.93. The average molecular weight is 192 g/mol. The molecule has 2 rings (SSSR count). The zero-order chi connectivity index (χ0) is 10.1. The monoisotopic (exact) mass is 192 g/mol. The Labute approximate surface area is 85.1 Å². The fourth-order valence-corrected chi connectivity index (χ4v) is 1.91. The lowest BCUT2D eigenvalue weighted by molar-refractivity contribution is 0.593. The van der Waals surface area contributed by atoms with E-state index in [1.54, 1.807) is 6.07 Å². The zero-order valence-electron chi connectivity index (χ0n) is 8.89. The number of halogens is 1. The van der Waals surface area contributed by atoms with Gasteiger partial charge in [0.1, 0.15) is 5.82 Å². The molecule has 0 radical (unpaired) electrons. The first-order valence-corrected chi connectivity index (χ1v) is 5.43. The van der Waals surface area contributed by atoms with Crippen LogP contribution < -0.4 is 0 Å². The van der Waals surface area contributed by atoms with Crippen molar-refractivity contribution in [2.75, 3.05) is 0 Å². The molecule has 0 bridgehead atoms. The molecule has 1 atom stereocenters. The molecule has 1 aliphatic rings. The molecule has 0 amide bonds. The Morgan fingerprint density at radius 3 is 2.71 bits per heavy atom. The van der Waals surface area contributed by atoms with Gasteiger partial charge in [-0.25, -0.2) is 4.39 Å². The fraction of sp³-hybridized carbons (Fsp3) is 0.538. The van der Waals surface area contributed by atoms with Gasteiger partial charge in [-0.05, 0) is 42.4 Å². The molecular weight excluding hydrogens is 175 g/mol. The van der Waals surface area contributed by atoms with E-state index in [4.69, 9.17) is 0 Å². The van der Waals surface area contributed by atoms with Gasteiger partial charge >= 0.3 is 0 Å². The summed E-state index contributed by atoms with van der Waals surface area (Å²) < 4.78 is 13.3. The molecule has 0 unspecified atom stereocenters. The van der Waals surface area contributed by atoms with Crippen molar-refractivity contribution in [1.82, 2.24) is 0 Å². The van der Waals surface area contributed by atoms with Crippen molar-refractivity contribution >= 4 is 0 Å². The van der Waals surface area contributed by atoms with Crippen molar-refractivity contribution in [3.8, 4) is 0 Å². The van der Waals surface area contributed by atoms with E-state index in [1.807, 2.05) is 13.0 Å². The maximum atomic E-state index is 13.3. The fourth-order valence-electron chi connectivity index (χ4n) is 1.91. The Bertz CT molecular complexity index is 326. The first kappa shape index (κ1) is 9.70. The third kappa shape index (κ3) is 2.14. The topological polar surface area (TPSA) is 0 Å². The molecule has 1 aliphatic carbocycles. The number of hydrogen-bond acceptors (Lipinski definition) is 0. The minimum Gasteiger partial charge on any atom is -0.207 e. The standard InChI is InChI=1S/C13H17F/c1-9-3-6-12(8-13(9)14)10(2)7-11-4-5-11/h3,6,8,10-11H,4-5,7H2,1-2H3/t10-/m0/s1. The van der Waals surface area contributed by atoms with Crippen LogP contribution in [0.5, 0.6) is 0 Å². The van der Waals surface area contributed by atoms with Crippen molar-refractivity contribution in [2.45, 2.75) is 39.0 Å². The lowest BCUT2D eigenvalue weighted by atomic mass is 9.94. The normalized spacial score (nSPS) is 18.2. The predicted octanol–water partition coefficient (Wildman–Crippen LogP) is 4.04. The van der Waals surface area contributed by atoms with E-state index in [9.17, 15) is 4.39 Å². The third-order valence-corrected chi connectivity index (χ3v) is 3.15. The molecule has 0 spiro atoms. The molecule has 0 saturated heterocycles. The highest BCUT2D eigenvalue weighted by atomic mass is 19.1. The van der Waals surface area contributed by atoms with Crippen LogP contribution in [0, 0.1) is 18.7 Å². The minimum atomic E-state index is -0.0647. The summed E-state index contributed by atoms with van der Waals surface area (Å²) in [5, 5.41) is 0. The van der Waals surface area contributed by atoms with Crippen LogP contribution >= 0.6 is 0 Å². The summed E-state index contributed by atoms with van der Waals surface area (Å²) in [7, 11) is 0. The van der Waals surface area contributed by atoms with E-state index >= 15 is 0 Å². The van der Waals surface area contributed by atoms with Crippen molar-refractivity contribution < 1.29 is 4.39 Å². The molecule has 1 aromatic rings. The van der Waals surface area contributed by atoms with Crippen molar-refractivity contribution in [3.05, 3.63) is 35.1 Å². The Hall–Kier alpha value is -0.850. The lowest BCUT2D eigenvalue weighted by Crippen LogP contribution is -1.96. The van der Waals surface area contributed by atoms with Crippen LogP contribution in [0.4, 0.5) is 4.39 Å². The Kier molecular flexibility index (Phi) is 2.58. The largest absolute Gasteiger partial charge is 0.207 e. The van der Waals surface area contributed by atoms with Crippen LogP contribution in [-0.4, -0.2) is 0 Å². The first-order chi connectivity index (χ1) is 6.66. The molecule has 0 nitrogen and oxygen atoms in total. The first-order valence-electron chi connectivity index (χ1n) is 5.43. The van der Waals surface area contributed by atoms with E-state index in [0.29, 0.717) is 5.92 Å². The van der Waals surface area contributed by atoms with Gasteiger partial charge in [0.15, 0.2) is 0 Å². The Morgan fingerprint density at radius 2 is 2.14 bits per heavy atom. The van der Waals surface area contributed by atoms with Gasteiger partial charge in [0, 0.05) is 0 Å². The molecule has 1 fully saturated rings. The number of rotatable bonds is 3. The summed E-state index contributed by atoms with van der Waals surface area (Å²) in [6.45, 7) is 4.01. The second kappa shape index (κ2) is 3.72. The van der Waals surface area contributed by atoms with Crippen LogP contribution in [0.15, 0.2) is 18.2 Å². The van der Waals surface area contributed by atoms with E-state index in [-0.39, 0.29) is 5.82 Å². The summed E-state index contributed by atoms with van der Waals surface area (Å²) in [4.78, 5) is 0. The van der Waals surface area contributed by atoms with E-state index in [2.05, 4.69) is 13.0 Å². The molecule has 0 aliphatic heterocycles. The van der Waals surface area contributed by atoms with Gasteiger partial charge in [-0.15, -0.1) is 0 Å². The molecule has 1 heteroatoms. The van der Waals surface area contributed by atoms with Gasteiger partial charge < -0.3 is 0 Å². The number of hydrogen-bond donors (Lipinski definition) is 0. The summed E-state index contributed by atoms with van der Waals surface area (Å²) >= 11 is 0. The van der Waals surface area contributed by atoms with Gasteiger partial charge in [0.2, 0.25) is 0 Å². The van der Waals surface area contributed by atoms with Gasteiger partial charge in [-0.1, -0.05) is 31.9 Å². The highest BCUT2D eigenvalue weighted by Crippen LogP contribution is 2.38. The molecule has 0 N–H and O–H groups in total. The second-order valence-electron chi connectivity index (χ2n) is 4.59. The molecule has 1 aromatic carbocycles. The summed E-state index contributed by atoms with van der Waals surface area (Å²) in [6.07, 6.45) is 3.97. The maximum absolute atomic E-state index is 13.3. The molecule has 0 heterocycles. The van der Waals surface area contributed by atoms with Gasteiger partial charge in [0.05, 0.1) is 0 Å². The van der Waals surface area contributed by atoms with Crippen molar-refractivity contribution in [1.29, 1.82) is 0 Å². The van der Waals surface area contributed by atoms with Crippen LogP contribution in [-0.2, 0) is 0 Å². The summed E-state index contributed by atoms with van der Waals surface area (Å²) in [6, 6.07) is 5.64. The van der Waals surface area contributed by atoms with E-state index in [1.165, 1.54) is 19.3 Å². The van der Waals surface area contributed by atoms with Crippen molar-refractivity contribution in [2.24, 2.45) is 5.92 Å². The smallest absolute Gasteiger partial charge is 0.126 e. The number of aryl methyl sites for hydroxylation is 1. The molecule has 0 aromatic heterocycles. The maximum Gasteiger partial charge on any atom is 0.126 e. The van der Waals surface area contributed by atoms with Crippen molar-refractivity contribution in [3.63, 3.8) is 0 Å².